The number of imidazole rings is 1. The van der Waals surface area contributed by atoms with E-state index in [0.717, 1.165) is 15.7 Å². The number of halogens is 3. The third-order valence-corrected chi connectivity index (χ3v) is 5.72. The van der Waals surface area contributed by atoms with E-state index in [2.05, 4.69) is 10.3 Å². The second-order valence-electron chi connectivity index (χ2n) is 8.18. The first-order chi connectivity index (χ1) is 17.3. The first-order valence-corrected chi connectivity index (χ1v) is 11.4. The molecule has 0 atom stereocenters. The van der Waals surface area contributed by atoms with Crippen LogP contribution in [-0.2, 0) is 27.0 Å². The molecule has 1 N–H and O–H groups in total. The van der Waals surface area contributed by atoms with Gasteiger partial charge in [0, 0.05) is 12.5 Å². The Morgan fingerprint density at radius 3 is 2.08 bits per heavy atom. The average Bonchev–Trinajstić information content (AvgIpc) is 3.25. The quantitative estimate of drug-likeness (QED) is 0.334. The molecule has 3 aromatic carbocycles. The summed E-state index contributed by atoms with van der Waals surface area (Å²) in [5.74, 6) is -2.64. The Labute approximate surface area is 205 Å². The lowest BCUT2D eigenvalue weighted by Gasteiger charge is -2.18. The minimum Gasteiger partial charge on any atom is -0.454 e. The van der Waals surface area contributed by atoms with Crippen molar-refractivity contribution in [3.63, 3.8) is 0 Å². The van der Waals surface area contributed by atoms with Gasteiger partial charge < -0.3 is 14.6 Å². The van der Waals surface area contributed by atoms with Crippen LogP contribution in [0.15, 0.2) is 84.9 Å². The fraction of sp³-hybridized carbons (Fsp3) is 0.222. The van der Waals surface area contributed by atoms with Crippen molar-refractivity contribution in [3.8, 4) is 0 Å². The Bertz CT molecular complexity index is 1280. The van der Waals surface area contributed by atoms with Crippen LogP contribution in [0, 0.1) is 0 Å². The van der Waals surface area contributed by atoms with Crippen molar-refractivity contribution >= 4 is 22.9 Å². The summed E-state index contributed by atoms with van der Waals surface area (Å²) in [7, 11) is 0. The smallest absolute Gasteiger partial charge is 0.449 e. The summed E-state index contributed by atoms with van der Waals surface area (Å²) in [6.07, 6.45) is -4.13. The number of nitrogens with one attached hydrogen (secondary N) is 1. The number of ether oxygens (including phenoxy) is 1. The molecule has 0 saturated carbocycles. The van der Waals surface area contributed by atoms with E-state index in [4.69, 9.17) is 4.74 Å². The molecule has 0 fully saturated rings. The number of aromatic nitrogens is 2. The lowest BCUT2D eigenvalue weighted by Crippen LogP contribution is -2.31. The third kappa shape index (κ3) is 6.10. The van der Waals surface area contributed by atoms with Gasteiger partial charge in [-0.2, -0.15) is 13.2 Å². The molecule has 1 amide bonds. The normalized spacial score (nSPS) is 11.6. The van der Waals surface area contributed by atoms with Gasteiger partial charge in [-0.25, -0.2) is 4.98 Å². The van der Waals surface area contributed by atoms with E-state index in [1.165, 1.54) is 12.1 Å². The van der Waals surface area contributed by atoms with Gasteiger partial charge in [-0.05, 0) is 29.7 Å². The molecule has 0 bridgehead atoms. The Morgan fingerprint density at radius 1 is 0.889 bits per heavy atom. The van der Waals surface area contributed by atoms with E-state index in [1.807, 2.05) is 60.7 Å². The molecule has 1 aromatic heterocycles. The Kier molecular flexibility index (Phi) is 7.68. The number of para-hydroxylation sites is 2. The molecular weight excluding hydrogens is 471 g/mol. The number of benzene rings is 3. The highest BCUT2D eigenvalue weighted by Crippen LogP contribution is 2.31. The average molecular weight is 496 g/mol. The number of alkyl halides is 3. The molecule has 0 aliphatic heterocycles. The standard InChI is InChI=1S/C27H24F3N3O3/c28-27(29,30)26-32-22-13-7-8-14-23(22)33(26)17-25(35)36-18-24(34)31-16-15-21(19-9-3-1-4-10-19)20-11-5-2-6-12-20/h1-14,21H,15-18H2,(H,31,34). The highest BCUT2D eigenvalue weighted by molar-refractivity contribution is 5.82. The van der Waals surface area contributed by atoms with E-state index in [1.54, 1.807) is 12.1 Å². The van der Waals surface area contributed by atoms with Crippen LogP contribution < -0.4 is 5.32 Å². The molecule has 1 heterocycles. The topological polar surface area (TPSA) is 73.2 Å². The number of fused-ring (bicyclic) bond motifs is 1. The van der Waals surface area contributed by atoms with Crippen LogP contribution in [0.1, 0.15) is 29.3 Å². The molecule has 4 rings (SSSR count). The highest BCUT2D eigenvalue weighted by atomic mass is 19.4. The van der Waals surface area contributed by atoms with Crippen LogP contribution >= 0.6 is 0 Å². The van der Waals surface area contributed by atoms with Crippen molar-refractivity contribution in [3.05, 3.63) is 102 Å². The van der Waals surface area contributed by atoms with Crippen LogP contribution in [0.5, 0.6) is 0 Å². The van der Waals surface area contributed by atoms with Crippen LogP contribution in [0.2, 0.25) is 0 Å². The summed E-state index contributed by atoms with van der Waals surface area (Å²) in [6, 6.07) is 25.8. The van der Waals surface area contributed by atoms with Crippen molar-refractivity contribution in [1.82, 2.24) is 14.9 Å². The Balaban J connectivity index is 1.32. The van der Waals surface area contributed by atoms with Gasteiger partial charge in [0.2, 0.25) is 5.82 Å². The number of carbonyl (C=O) groups is 2. The molecule has 0 unspecified atom stereocenters. The maximum atomic E-state index is 13.4. The van der Waals surface area contributed by atoms with Crippen molar-refractivity contribution in [2.75, 3.05) is 13.2 Å². The summed E-state index contributed by atoms with van der Waals surface area (Å²) in [5, 5.41) is 2.72. The van der Waals surface area contributed by atoms with Crippen LogP contribution in [-0.4, -0.2) is 34.6 Å². The zero-order valence-corrected chi connectivity index (χ0v) is 19.2. The molecule has 0 aliphatic carbocycles. The largest absolute Gasteiger partial charge is 0.454 e. The first kappa shape index (κ1) is 25.0. The summed E-state index contributed by atoms with van der Waals surface area (Å²) < 4.78 is 45.9. The molecule has 36 heavy (non-hydrogen) atoms. The number of hydrogen-bond donors (Lipinski definition) is 1. The molecule has 0 spiro atoms. The van der Waals surface area contributed by atoms with Gasteiger partial charge in [0.05, 0.1) is 11.0 Å². The first-order valence-electron chi connectivity index (χ1n) is 11.4. The Hall–Kier alpha value is -4.14. The molecule has 9 heteroatoms. The summed E-state index contributed by atoms with van der Waals surface area (Å²) in [4.78, 5) is 28.1. The van der Waals surface area contributed by atoms with E-state index in [0.29, 0.717) is 13.0 Å². The molecule has 0 saturated heterocycles. The van der Waals surface area contributed by atoms with E-state index in [-0.39, 0.29) is 17.0 Å². The van der Waals surface area contributed by atoms with Crippen molar-refractivity contribution in [2.24, 2.45) is 0 Å². The fourth-order valence-electron chi connectivity index (χ4n) is 4.08. The predicted molar refractivity (Wildman–Crippen MR) is 128 cm³/mol. The SMILES string of the molecule is O=C(COC(=O)Cn1c(C(F)(F)F)nc2ccccc21)NCCC(c1ccccc1)c1ccccc1. The van der Waals surface area contributed by atoms with Crippen LogP contribution in [0.25, 0.3) is 11.0 Å². The van der Waals surface area contributed by atoms with Gasteiger partial charge in [-0.3, -0.25) is 9.59 Å². The maximum absolute atomic E-state index is 13.4. The number of esters is 1. The van der Waals surface area contributed by atoms with Gasteiger partial charge in [0.1, 0.15) is 6.54 Å². The molecule has 0 radical (unpaired) electrons. The van der Waals surface area contributed by atoms with Gasteiger partial charge >= 0.3 is 12.1 Å². The minimum atomic E-state index is -4.75. The fourth-order valence-corrected chi connectivity index (χ4v) is 4.08. The number of amides is 1. The number of nitrogens with zero attached hydrogens (tertiary/aromatic N) is 2. The van der Waals surface area contributed by atoms with E-state index in [9.17, 15) is 22.8 Å². The van der Waals surface area contributed by atoms with E-state index >= 15 is 0 Å². The van der Waals surface area contributed by atoms with Crippen molar-refractivity contribution in [1.29, 1.82) is 0 Å². The molecular formula is C27H24F3N3O3. The van der Waals surface area contributed by atoms with Crippen molar-refractivity contribution in [2.45, 2.75) is 25.1 Å². The van der Waals surface area contributed by atoms with Gasteiger partial charge in [0.25, 0.3) is 5.91 Å². The number of rotatable bonds is 9. The Morgan fingerprint density at radius 2 is 1.47 bits per heavy atom. The van der Waals surface area contributed by atoms with Crippen LogP contribution in [0.4, 0.5) is 13.2 Å². The minimum absolute atomic E-state index is 0.0607. The second kappa shape index (κ2) is 11.1. The zero-order valence-electron chi connectivity index (χ0n) is 19.2. The van der Waals surface area contributed by atoms with E-state index < -0.39 is 37.0 Å². The third-order valence-electron chi connectivity index (χ3n) is 5.72. The summed E-state index contributed by atoms with van der Waals surface area (Å²) in [5.41, 5.74) is 2.48. The van der Waals surface area contributed by atoms with Crippen molar-refractivity contribution < 1.29 is 27.5 Å². The zero-order chi connectivity index (χ0) is 25.5. The lowest BCUT2D eigenvalue weighted by atomic mass is 9.88. The van der Waals surface area contributed by atoms with Gasteiger partial charge in [-0.15, -0.1) is 0 Å². The predicted octanol–water partition coefficient (Wildman–Crippen LogP) is 4.94. The van der Waals surface area contributed by atoms with Crippen LogP contribution in [0.3, 0.4) is 0 Å². The van der Waals surface area contributed by atoms with Gasteiger partial charge in [0.15, 0.2) is 6.61 Å². The van der Waals surface area contributed by atoms with Gasteiger partial charge in [-0.1, -0.05) is 72.8 Å². The number of carbonyl (C=O) groups excluding carboxylic acids is 2. The molecule has 186 valence electrons. The monoisotopic (exact) mass is 495 g/mol. The lowest BCUT2D eigenvalue weighted by molar-refractivity contribution is -0.153. The summed E-state index contributed by atoms with van der Waals surface area (Å²) >= 11 is 0. The second-order valence-corrected chi connectivity index (χ2v) is 8.18. The maximum Gasteiger partial charge on any atom is 0.449 e. The molecule has 0 aliphatic rings. The molecule has 6 nitrogen and oxygen atoms in total. The highest BCUT2D eigenvalue weighted by Gasteiger charge is 2.38. The summed E-state index contributed by atoms with van der Waals surface area (Å²) in [6.45, 7) is -0.976. The molecule has 4 aromatic rings. The number of hydrogen-bond acceptors (Lipinski definition) is 4.